The molecule has 0 aliphatic heterocycles. The van der Waals surface area contributed by atoms with E-state index in [2.05, 4.69) is 31.1 Å². The molecule has 0 unspecified atom stereocenters. The molecule has 0 aliphatic rings. The Morgan fingerprint density at radius 1 is 0.970 bits per heavy atom. The van der Waals surface area contributed by atoms with Crippen LogP contribution >= 0.6 is 11.3 Å². The third-order valence-electron chi connectivity index (χ3n) is 5.47. The van der Waals surface area contributed by atoms with Gasteiger partial charge in [0.1, 0.15) is 0 Å². The first kappa shape index (κ1) is 24.6. The molecule has 2 aromatic carbocycles. The van der Waals surface area contributed by atoms with Crippen LogP contribution in [0.15, 0.2) is 54.7 Å². The van der Waals surface area contributed by atoms with Crippen molar-refractivity contribution in [3.63, 3.8) is 0 Å². The number of nitrogens with one attached hydrogen (secondary N) is 1. The van der Waals surface area contributed by atoms with E-state index in [0.29, 0.717) is 18.4 Å². The first-order valence-corrected chi connectivity index (χ1v) is 11.8. The normalized spacial score (nSPS) is 11.8. The summed E-state index contributed by atoms with van der Waals surface area (Å²) in [6.45, 7) is 10.5. The van der Waals surface area contributed by atoms with Crippen molar-refractivity contribution >= 4 is 28.9 Å². The molecule has 1 amide bonds. The molecule has 1 N–H and O–H groups in total. The third-order valence-corrected chi connectivity index (χ3v) is 6.52. The molecule has 5 nitrogen and oxygen atoms in total. The van der Waals surface area contributed by atoms with Crippen molar-refractivity contribution in [1.82, 2.24) is 4.98 Å². The van der Waals surface area contributed by atoms with Crippen molar-refractivity contribution in [3.05, 3.63) is 70.9 Å². The summed E-state index contributed by atoms with van der Waals surface area (Å²) >= 11 is 1.62. The second-order valence-corrected chi connectivity index (χ2v) is 11.2. The molecule has 3 rings (SSSR count). The largest absolute Gasteiger partial charge is 0.469 e. The van der Waals surface area contributed by atoms with E-state index in [1.165, 1.54) is 12.7 Å². The van der Waals surface area contributed by atoms with Gasteiger partial charge in [0.25, 0.3) is 5.91 Å². The van der Waals surface area contributed by atoms with Crippen LogP contribution in [0.5, 0.6) is 0 Å². The number of ether oxygens (including phenoxy) is 1. The first-order valence-electron chi connectivity index (χ1n) is 11.0. The minimum atomic E-state index is -0.221. The number of methoxy groups -OCH3 is 1. The summed E-state index contributed by atoms with van der Waals surface area (Å²) in [7, 11) is 1.41. The standard InChI is InChI=1S/C27H32N2O3S/c1-26(2,3)20-11-7-19(8-12-20)25(31)29-21-13-9-18(10-14-21)22-17-28-23(33-22)15-27(4,5)16-24(30)32-6/h7-14,17H,15-16H2,1-6H3,(H,29,31). The second-order valence-electron chi connectivity index (χ2n) is 10.1. The van der Waals surface area contributed by atoms with Gasteiger partial charge in [-0.2, -0.15) is 0 Å². The van der Waals surface area contributed by atoms with Gasteiger partial charge in [0.2, 0.25) is 0 Å². The molecule has 3 aromatic rings. The monoisotopic (exact) mass is 464 g/mol. The third kappa shape index (κ3) is 6.75. The highest BCUT2D eigenvalue weighted by Gasteiger charge is 2.24. The Kier molecular flexibility index (Phi) is 7.38. The molecule has 0 saturated heterocycles. The van der Waals surface area contributed by atoms with Crippen LogP contribution in [0.2, 0.25) is 0 Å². The van der Waals surface area contributed by atoms with E-state index in [4.69, 9.17) is 4.74 Å². The van der Waals surface area contributed by atoms with Crippen LogP contribution in [-0.4, -0.2) is 24.0 Å². The van der Waals surface area contributed by atoms with Crippen molar-refractivity contribution in [2.45, 2.75) is 52.9 Å². The van der Waals surface area contributed by atoms with Gasteiger partial charge in [-0.15, -0.1) is 11.3 Å². The highest BCUT2D eigenvalue weighted by molar-refractivity contribution is 7.15. The molecule has 1 aromatic heterocycles. The van der Waals surface area contributed by atoms with Crippen LogP contribution in [0.3, 0.4) is 0 Å². The van der Waals surface area contributed by atoms with Gasteiger partial charge in [-0.1, -0.05) is 58.9 Å². The maximum Gasteiger partial charge on any atom is 0.306 e. The molecule has 6 heteroatoms. The summed E-state index contributed by atoms with van der Waals surface area (Å²) in [4.78, 5) is 29.8. The summed E-state index contributed by atoms with van der Waals surface area (Å²) in [5.41, 5.74) is 3.44. The molecule has 0 radical (unpaired) electrons. The van der Waals surface area contributed by atoms with Crippen molar-refractivity contribution < 1.29 is 14.3 Å². The molecule has 0 fully saturated rings. The Hall–Kier alpha value is -2.99. The summed E-state index contributed by atoms with van der Waals surface area (Å²) in [6, 6.07) is 15.5. The van der Waals surface area contributed by atoms with Gasteiger partial charge in [0.05, 0.1) is 23.4 Å². The quantitative estimate of drug-likeness (QED) is 0.406. The number of carbonyl (C=O) groups excluding carboxylic acids is 2. The van der Waals surface area contributed by atoms with Crippen LogP contribution in [0, 0.1) is 5.41 Å². The number of esters is 1. The van der Waals surface area contributed by atoms with E-state index in [0.717, 1.165) is 21.1 Å². The second kappa shape index (κ2) is 9.87. The average Bonchev–Trinajstić information content (AvgIpc) is 3.20. The number of aromatic nitrogens is 1. The fourth-order valence-electron chi connectivity index (χ4n) is 3.50. The topological polar surface area (TPSA) is 68.3 Å². The van der Waals surface area contributed by atoms with Gasteiger partial charge in [-0.25, -0.2) is 4.98 Å². The smallest absolute Gasteiger partial charge is 0.306 e. The first-order chi connectivity index (χ1) is 15.5. The highest BCUT2D eigenvalue weighted by atomic mass is 32.1. The summed E-state index contributed by atoms with van der Waals surface area (Å²) in [5.74, 6) is -0.337. The number of carbonyl (C=O) groups is 2. The lowest BCUT2D eigenvalue weighted by molar-refractivity contribution is -0.142. The molecular formula is C27H32N2O3S. The predicted molar refractivity (Wildman–Crippen MR) is 135 cm³/mol. The number of hydrogen-bond donors (Lipinski definition) is 1. The summed E-state index contributed by atoms with van der Waals surface area (Å²) in [5, 5.41) is 3.94. The molecule has 33 heavy (non-hydrogen) atoms. The Labute approximate surface area is 200 Å². The zero-order valence-electron chi connectivity index (χ0n) is 20.2. The molecule has 0 bridgehead atoms. The van der Waals surface area contributed by atoms with E-state index in [1.54, 1.807) is 11.3 Å². The van der Waals surface area contributed by atoms with Crippen LogP contribution in [-0.2, 0) is 21.4 Å². The average molecular weight is 465 g/mol. The molecule has 1 heterocycles. The fraction of sp³-hybridized carbons (Fsp3) is 0.370. The van der Waals surface area contributed by atoms with E-state index in [1.807, 2.05) is 68.6 Å². The minimum Gasteiger partial charge on any atom is -0.469 e. The van der Waals surface area contributed by atoms with Gasteiger partial charge in [0.15, 0.2) is 0 Å². The number of nitrogens with zero attached hydrogens (tertiary/aromatic N) is 1. The molecule has 0 aliphatic carbocycles. The Morgan fingerprint density at radius 2 is 1.61 bits per heavy atom. The van der Waals surface area contributed by atoms with Crippen LogP contribution in [0.4, 0.5) is 5.69 Å². The summed E-state index contributed by atoms with van der Waals surface area (Å²) < 4.78 is 4.80. The lowest BCUT2D eigenvalue weighted by Crippen LogP contribution is -2.20. The fourth-order valence-corrected chi connectivity index (χ4v) is 4.68. The van der Waals surface area contributed by atoms with E-state index >= 15 is 0 Å². The number of amides is 1. The summed E-state index contributed by atoms with van der Waals surface area (Å²) in [6.07, 6.45) is 2.92. The zero-order valence-corrected chi connectivity index (χ0v) is 21.0. The van der Waals surface area contributed by atoms with E-state index in [9.17, 15) is 9.59 Å². The Bertz CT molecular complexity index is 1110. The molecule has 0 spiro atoms. The van der Waals surface area contributed by atoms with Crippen LogP contribution in [0.25, 0.3) is 10.4 Å². The van der Waals surface area contributed by atoms with Crippen molar-refractivity contribution in [2.75, 3.05) is 12.4 Å². The maximum absolute atomic E-state index is 12.6. The number of hydrogen-bond acceptors (Lipinski definition) is 5. The van der Waals surface area contributed by atoms with Crippen molar-refractivity contribution in [3.8, 4) is 10.4 Å². The number of thiazole rings is 1. The number of anilines is 1. The molecule has 174 valence electrons. The maximum atomic E-state index is 12.6. The van der Waals surface area contributed by atoms with Gasteiger partial charge in [-0.05, 0) is 46.2 Å². The Morgan fingerprint density at radius 3 is 2.18 bits per heavy atom. The lowest BCUT2D eigenvalue weighted by Gasteiger charge is -2.21. The zero-order chi connectivity index (χ0) is 24.2. The predicted octanol–water partition coefficient (Wildman–Crippen LogP) is 6.49. The lowest BCUT2D eigenvalue weighted by atomic mass is 9.86. The van der Waals surface area contributed by atoms with Gasteiger partial charge < -0.3 is 10.1 Å². The number of rotatable bonds is 7. The van der Waals surface area contributed by atoms with Crippen molar-refractivity contribution in [2.24, 2.45) is 5.41 Å². The van der Waals surface area contributed by atoms with E-state index in [-0.39, 0.29) is 22.7 Å². The molecule has 0 saturated carbocycles. The SMILES string of the molecule is COC(=O)CC(C)(C)Cc1ncc(-c2ccc(NC(=O)c3ccc(C(C)(C)C)cc3)cc2)s1. The van der Waals surface area contributed by atoms with Crippen LogP contribution < -0.4 is 5.32 Å². The van der Waals surface area contributed by atoms with Gasteiger partial charge >= 0.3 is 5.97 Å². The van der Waals surface area contributed by atoms with Crippen molar-refractivity contribution in [1.29, 1.82) is 0 Å². The van der Waals surface area contributed by atoms with E-state index < -0.39 is 0 Å². The molecular weight excluding hydrogens is 432 g/mol. The van der Waals surface area contributed by atoms with Gasteiger partial charge in [0, 0.05) is 23.9 Å². The highest BCUT2D eigenvalue weighted by Crippen LogP contribution is 2.32. The Balaban J connectivity index is 1.64. The number of benzene rings is 2. The molecule has 0 atom stereocenters. The van der Waals surface area contributed by atoms with Crippen LogP contribution in [0.1, 0.15) is 62.0 Å². The minimum absolute atomic E-state index is 0.0540. The van der Waals surface area contributed by atoms with Gasteiger partial charge in [-0.3, -0.25) is 9.59 Å².